The molecular weight excluding hydrogens is 260 g/mol. The number of rotatable bonds is 4. The molecule has 0 radical (unpaired) electrons. The van der Waals surface area contributed by atoms with Crippen LogP contribution in [0.2, 0.25) is 5.15 Å². The van der Waals surface area contributed by atoms with Crippen molar-refractivity contribution >= 4 is 23.2 Å². The van der Waals surface area contributed by atoms with Crippen molar-refractivity contribution in [3.05, 3.63) is 72.0 Å². The summed E-state index contributed by atoms with van der Waals surface area (Å²) < 4.78 is 0. The zero-order valence-corrected chi connectivity index (χ0v) is 11.0. The fraction of sp³-hybridized carbons (Fsp3) is 0.0667. The third-order valence-electron chi connectivity index (χ3n) is 2.60. The first-order valence-electron chi connectivity index (χ1n) is 5.81. The Morgan fingerprint density at radius 1 is 1.32 bits per heavy atom. The topological polar surface area (TPSA) is 33.2 Å². The normalized spacial score (nSPS) is 9.95. The summed E-state index contributed by atoms with van der Waals surface area (Å²) in [4.78, 5) is 18.0. The predicted molar refractivity (Wildman–Crippen MR) is 77.6 cm³/mol. The van der Waals surface area contributed by atoms with E-state index in [0.717, 1.165) is 5.69 Å². The Kier molecular flexibility index (Phi) is 4.31. The highest BCUT2D eigenvalue weighted by atomic mass is 35.5. The predicted octanol–water partition coefficient (Wildman–Crippen LogP) is 3.57. The number of para-hydroxylation sites is 1. The van der Waals surface area contributed by atoms with Gasteiger partial charge in [-0.15, -0.1) is 6.58 Å². The fourth-order valence-electron chi connectivity index (χ4n) is 1.73. The summed E-state index contributed by atoms with van der Waals surface area (Å²) >= 11 is 5.81. The lowest BCUT2D eigenvalue weighted by molar-refractivity contribution is 0.0989. The van der Waals surface area contributed by atoms with E-state index in [4.69, 9.17) is 11.6 Å². The maximum absolute atomic E-state index is 12.5. The van der Waals surface area contributed by atoms with Gasteiger partial charge in [0.1, 0.15) is 5.15 Å². The van der Waals surface area contributed by atoms with Crippen LogP contribution in [0.1, 0.15) is 10.4 Å². The highest BCUT2D eigenvalue weighted by Gasteiger charge is 2.16. The molecular formula is C15H13ClN2O. The zero-order chi connectivity index (χ0) is 13.7. The molecule has 0 atom stereocenters. The number of carbonyl (C=O) groups excluding carboxylic acids is 1. The van der Waals surface area contributed by atoms with E-state index in [1.54, 1.807) is 23.1 Å². The Hall–Kier alpha value is -2.13. The van der Waals surface area contributed by atoms with Gasteiger partial charge in [0, 0.05) is 24.0 Å². The molecule has 0 spiro atoms. The van der Waals surface area contributed by atoms with Crippen LogP contribution in [0.3, 0.4) is 0 Å². The molecule has 1 heterocycles. The van der Waals surface area contributed by atoms with Gasteiger partial charge in [-0.1, -0.05) is 35.9 Å². The van der Waals surface area contributed by atoms with Gasteiger partial charge in [-0.3, -0.25) is 4.79 Å². The van der Waals surface area contributed by atoms with Crippen LogP contribution in [-0.4, -0.2) is 17.4 Å². The number of hydrogen-bond donors (Lipinski definition) is 0. The molecule has 0 saturated carbocycles. The van der Waals surface area contributed by atoms with Crippen molar-refractivity contribution in [2.75, 3.05) is 11.4 Å². The number of benzene rings is 1. The Bertz CT molecular complexity index is 584. The van der Waals surface area contributed by atoms with Crippen LogP contribution in [0, 0.1) is 0 Å². The van der Waals surface area contributed by atoms with Gasteiger partial charge < -0.3 is 4.90 Å². The van der Waals surface area contributed by atoms with E-state index in [-0.39, 0.29) is 5.91 Å². The van der Waals surface area contributed by atoms with Crippen molar-refractivity contribution in [2.45, 2.75) is 0 Å². The summed E-state index contributed by atoms with van der Waals surface area (Å²) in [6.07, 6.45) is 3.21. The molecule has 0 aliphatic carbocycles. The molecule has 96 valence electrons. The standard InChI is InChI=1S/C15H13ClN2O/c1-2-10-18(13-6-4-3-5-7-13)15(19)12-8-9-17-14(16)11-12/h2-9,11H,1,10H2. The minimum atomic E-state index is -0.129. The monoisotopic (exact) mass is 272 g/mol. The lowest BCUT2D eigenvalue weighted by atomic mass is 10.2. The summed E-state index contributed by atoms with van der Waals surface area (Å²) in [6, 6.07) is 12.6. The molecule has 3 nitrogen and oxygen atoms in total. The van der Waals surface area contributed by atoms with Gasteiger partial charge in [-0.25, -0.2) is 4.98 Å². The van der Waals surface area contributed by atoms with Gasteiger partial charge in [-0.2, -0.15) is 0 Å². The van der Waals surface area contributed by atoms with Crippen LogP contribution >= 0.6 is 11.6 Å². The molecule has 0 bridgehead atoms. The molecule has 1 amide bonds. The third-order valence-corrected chi connectivity index (χ3v) is 2.80. The van der Waals surface area contributed by atoms with Crippen molar-refractivity contribution in [2.24, 2.45) is 0 Å². The van der Waals surface area contributed by atoms with Gasteiger partial charge in [0.15, 0.2) is 0 Å². The number of carbonyl (C=O) groups is 1. The maximum atomic E-state index is 12.5. The Morgan fingerprint density at radius 3 is 2.68 bits per heavy atom. The summed E-state index contributed by atoms with van der Waals surface area (Å²) in [7, 11) is 0. The van der Waals surface area contributed by atoms with Gasteiger partial charge >= 0.3 is 0 Å². The first-order valence-corrected chi connectivity index (χ1v) is 6.19. The second-order valence-corrected chi connectivity index (χ2v) is 4.29. The molecule has 0 saturated heterocycles. The summed E-state index contributed by atoms with van der Waals surface area (Å²) in [5, 5.41) is 0.303. The molecule has 19 heavy (non-hydrogen) atoms. The molecule has 0 unspecified atom stereocenters. The van der Waals surface area contributed by atoms with E-state index < -0.39 is 0 Å². The van der Waals surface area contributed by atoms with Gasteiger partial charge in [0.2, 0.25) is 0 Å². The fourth-order valence-corrected chi connectivity index (χ4v) is 1.91. The number of hydrogen-bond acceptors (Lipinski definition) is 2. The van der Waals surface area contributed by atoms with Crippen LogP contribution in [0.5, 0.6) is 0 Å². The van der Waals surface area contributed by atoms with Gasteiger partial charge in [-0.05, 0) is 24.3 Å². The van der Waals surface area contributed by atoms with Crippen LogP contribution < -0.4 is 4.90 Å². The van der Waals surface area contributed by atoms with Crippen LogP contribution in [0.15, 0.2) is 61.3 Å². The number of pyridine rings is 1. The Labute approximate surface area is 117 Å². The quantitative estimate of drug-likeness (QED) is 0.630. The molecule has 0 fully saturated rings. The van der Waals surface area contributed by atoms with E-state index in [1.165, 1.54) is 6.20 Å². The van der Waals surface area contributed by atoms with Crippen molar-refractivity contribution in [1.29, 1.82) is 0 Å². The molecule has 1 aromatic carbocycles. The minimum Gasteiger partial charge on any atom is -0.305 e. The molecule has 1 aromatic heterocycles. The average molecular weight is 273 g/mol. The van der Waals surface area contributed by atoms with Gasteiger partial charge in [0.25, 0.3) is 5.91 Å². The Morgan fingerprint density at radius 2 is 2.05 bits per heavy atom. The summed E-state index contributed by atoms with van der Waals surface area (Å²) in [6.45, 7) is 4.12. The molecule has 4 heteroatoms. The second kappa shape index (κ2) is 6.16. The van der Waals surface area contributed by atoms with E-state index in [0.29, 0.717) is 17.3 Å². The lowest BCUT2D eigenvalue weighted by Crippen LogP contribution is -2.31. The summed E-state index contributed by atoms with van der Waals surface area (Å²) in [5.41, 5.74) is 1.33. The summed E-state index contributed by atoms with van der Waals surface area (Å²) in [5.74, 6) is -0.129. The van der Waals surface area contributed by atoms with E-state index >= 15 is 0 Å². The maximum Gasteiger partial charge on any atom is 0.258 e. The highest BCUT2D eigenvalue weighted by Crippen LogP contribution is 2.17. The van der Waals surface area contributed by atoms with Crippen molar-refractivity contribution < 1.29 is 4.79 Å². The molecule has 2 aromatic rings. The first kappa shape index (κ1) is 13.3. The van der Waals surface area contributed by atoms with Crippen molar-refractivity contribution in [3.63, 3.8) is 0 Å². The van der Waals surface area contributed by atoms with Crippen LogP contribution in [0.4, 0.5) is 5.69 Å². The number of anilines is 1. The Balaban J connectivity index is 2.34. The van der Waals surface area contributed by atoms with Crippen molar-refractivity contribution in [1.82, 2.24) is 4.98 Å². The number of aromatic nitrogens is 1. The van der Waals surface area contributed by atoms with Crippen LogP contribution in [-0.2, 0) is 0 Å². The zero-order valence-electron chi connectivity index (χ0n) is 10.3. The molecule has 0 aliphatic heterocycles. The largest absolute Gasteiger partial charge is 0.305 e. The SMILES string of the molecule is C=CCN(C(=O)c1ccnc(Cl)c1)c1ccccc1. The molecule has 2 rings (SSSR count). The molecule has 0 aliphatic rings. The van der Waals surface area contributed by atoms with Gasteiger partial charge in [0.05, 0.1) is 0 Å². The number of amides is 1. The highest BCUT2D eigenvalue weighted by molar-refractivity contribution is 6.29. The second-order valence-electron chi connectivity index (χ2n) is 3.91. The van der Waals surface area contributed by atoms with E-state index in [2.05, 4.69) is 11.6 Å². The van der Waals surface area contributed by atoms with Crippen LogP contribution in [0.25, 0.3) is 0 Å². The molecule has 0 N–H and O–H groups in total. The first-order chi connectivity index (χ1) is 9.22. The number of nitrogens with zero attached hydrogens (tertiary/aromatic N) is 2. The lowest BCUT2D eigenvalue weighted by Gasteiger charge is -2.21. The number of halogens is 1. The minimum absolute atomic E-state index is 0.129. The van der Waals surface area contributed by atoms with E-state index in [9.17, 15) is 4.79 Å². The van der Waals surface area contributed by atoms with Crippen molar-refractivity contribution in [3.8, 4) is 0 Å². The van der Waals surface area contributed by atoms with E-state index in [1.807, 2.05) is 30.3 Å². The average Bonchev–Trinajstić information content (AvgIpc) is 2.45. The third kappa shape index (κ3) is 3.20. The smallest absolute Gasteiger partial charge is 0.258 e.